The van der Waals surface area contributed by atoms with E-state index in [2.05, 4.69) is 5.32 Å². The zero-order chi connectivity index (χ0) is 22.3. The van der Waals surface area contributed by atoms with Crippen molar-refractivity contribution in [3.8, 4) is 6.07 Å². The highest BCUT2D eigenvalue weighted by atomic mass is 16.6. The SMILES string of the molecule is COC(=O)c1ccccc1NC(=O)/C(C#N)=C\N1CCN(C(=O)OC(C)(C)C)CC1. The lowest BCUT2D eigenvalue weighted by Crippen LogP contribution is -2.48. The summed E-state index contributed by atoms with van der Waals surface area (Å²) in [6, 6.07) is 8.26. The Morgan fingerprint density at radius 1 is 1.13 bits per heavy atom. The van der Waals surface area contributed by atoms with Crippen LogP contribution in [0, 0.1) is 11.3 Å². The van der Waals surface area contributed by atoms with Crippen LogP contribution < -0.4 is 5.32 Å². The summed E-state index contributed by atoms with van der Waals surface area (Å²) < 4.78 is 10.1. The normalized spacial score (nSPS) is 14.6. The first-order valence-electron chi connectivity index (χ1n) is 9.47. The minimum atomic E-state index is -0.636. The number of carbonyl (C=O) groups excluding carboxylic acids is 3. The van der Waals surface area contributed by atoms with Gasteiger partial charge in [-0.15, -0.1) is 0 Å². The van der Waals surface area contributed by atoms with Crippen molar-refractivity contribution in [2.75, 3.05) is 38.6 Å². The molecule has 1 N–H and O–H groups in total. The van der Waals surface area contributed by atoms with Crippen molar-refractivity contribution in [2.24, 2.45) is 0 Å². The van der Waals surface area contributed by atoms with Crippen molar-refractivity contribution in [1.82, 2.24) is 9.80 Å². The monoisotopic (exact) mass is 414 g/mol. The number of ether oxygens (including phenoxy) is 2. The van der Waals surface area contributed by atoms with Gasteiger partial charge in [0, 0.05) is 32.4 Å². The van der Waals surface area contributed by atoms with E-state index < -0.39 is 17.5 Å². The number of nitrogens with zero attached hydrogens (tertiary/aromatic N) is 3. The summed E-state index contributed by atoms with van der Waals surface area (Å²) in [6.07, 6.45) is 1.08. The molecule has 1 fully saturated rings. The third-order valence-corrected chi connectivity index (χ3v) is 4.22. The number of nitriles is 1. The fourth-order valence-electron chi connectivity index (χ4n) is 2.75. The van der Waals surface area contributed by atoms with Gasteiger partial charge in [0.15, 0.2) is 0 Å². The average Bonchev–Trinajstić information content (AvgIpc) is 2.70. The van der Waals surface area contributed by atoms with Crippen LogP contribution in [-0.4, -0.2) is 66.7 Å². The number of benzene rings is 1. The van der Waals surface area contributed by atoms with Crippen LogP contribution in [-0.2, 0) is 14.3 Å². The molecule has 1 aliphatic heterocycles. The number of rotatable bonds is 4. The van der Waals surface area contributed by atoms with E-state index in [1.54, 1.807) is 48.8 Å². The molecule has 0 aliphatic carbocycles. The third-order valence-electron chi connectivity index (χ3n) is 4.22. The second-order valence-corrected chi connectivity index (χ2v) is 7.65. The van der Waals surface area contributed by atoms with Crippen molar-refractivity contribution >= 4 is 23.7 Å². The topological polar surface area (TPSA) is 112 Å². The summed E-state index contributed by atoms with van der Waals surface area (Å²) >= 11 is 0. The first-order valence-corrected chi connectivity index (χ1v) is 9.47. The van der Waals surface area contributed by atoms with Gasteiger partial charge in [-0.1, -0.05) is 12.1 Å². The van der Waals surface area contributed by atoms with Gasteiger partial charge in [0.25, 0.3) is 5.91 Å². The van der Waals surface area contributed by atoms with E-state index in [9.17, 15) is 19.6 Å². The molecule has 2 rings (SSSR count). The molecule has 9 nitrogen and oxygen atoms in total. The summed E-state index contributed by atoms with van der Waals surface area (Å²) in [5, 5.41) is 12.0. The molecule has 1 saturated heterocycles. The summed E-state index contributed by atoms with van der Waals surface area (Å²) in [6.45, 7) is 7.15. The van der Waals surface area contributed by atoms with E-state index in [1.807, 2.05) is 6.07 Å². The molecule has 160 valence electrons. The van der Waals surface area contributed by atoms with Crippen molar-refractivity contribution in [3.63, 3.8) is 0 Å². The molecule has 0 atom stereocenters. The Morgan fingerprint density at radius 3 is 2.33 bits per heavy atom. The van der Waals surface area contributed by atoms with Crippen molar-refractivity contribution in [3.05, 3.63) is 41.6 Å². The molecule has 0 spiro atoms. The second kappa shape index (κ2) is 9.78. The minimum absolute atomic E-state index is 0.111. The zero-order valence-electron chi connectivity index (χ0n) is 17.6. The van der Waals surface area contributed by atoms with Crippen LogP contribution in [0.5, 0.6) is 0 Å². The van der Waals surface area contributed by atoms with Crippen molar-refractivity contribution in [2.45, 2.75) is 26.4 Å². The molecular weight excluding hydrogens is 388 g/mol. The molecule has 1 heterocycles. The molecule has 1 aromatic rings. The molecular formula is C21H26N4O5. The molecule has 0 unspecified atom stereocenters. The molecule has 9 heteroatoms. The van der Waals surface area contributed by atoms with Gasteiger partial charge >= 0.3 is 12.1 Å². The van der Waals surface area contributed by atoms with Crippen LogP contribution >= 0.6 is 0 Å². The van der Waals surface area contributed by atoms with Crippen molar-refractivity contribution < 1.29 is 23.9 Å². The van der Waals surface area contributed by atoms with Crippen LogP contribution in [0.2, 0.25) is 0 Å². The number of piperazine rings is 1. The quantitative estimate of drug-likeness (QED) is 0.457. The lowest BCUT2D eigenvalue weighted by atomic mass is 10.1. The maximum atomic E-state index is 12.5. The first kappa shape index (κ1) is 22.7. The fraction of sp³-hybridized carbons (Fsp3) is 0.429. The van der Waals surface area contributed by atoms with Crippen LogP contribution in [0.25, 0.3) is 0 Å². The highest BCUT2D eigenvalue weighted by Gasteiger charge is 2.25. The number of hydrogen-bond donors (Lipinski definition) is 1. The van der Waals surface area contributed by atoms with Crippen LogP contribution in [0.3, 0.4) is 0 Å². The Hall–Kier alpha value is -3.54. The highest BCUT2D eigenvalue weighted by molar-refractivity contribution is 6.09. The second-order valence-electron chi connectivity index (χ2n) is 7.65. The Morgan fingerprint density at radius 2 is 1.77 bits per heavy atom. The van der Waals surface area contributed by atoms with E-state index in [1.165, 1.54) is 19.4 Å². The maximum Gasteiger partial charge on any atom is 0.410 e. The average molecular weight is 414 g/mol. The van der Waals surface area contributed by atoms with Crippen LogP contribution in [0.15, 0.2) is 36.0 Å². The van der Waals surface area contributed by atoms with Gasteiger partial charge in [-0.2, -0.15) is 5.26 Å². The van der Waals surface area contributed by atoms with Gasteiger partial charge in [0.05, 0.1) is 18.4 Å². The van der Waals surface area contributed by atoms with Crippen molar-refractivity contribution in [1.29, 1.82) is 5.26 Å². The Balaban J connectivity index is 2.02. The van der Waals surface area contributed by atoms with E-state index in [4.69, 9.17) is 9.47 Å². The molecule has 0 saturated carbocycles. The Kier molecular flexibility index (Phi) is 7.42. The third kappa shape index (κ3) is 6.24. The predicted molar refractivity (Wildman–Crippen MR) is 109 cm³/mol. The van der Waals surface area contributed by atoms with Gasteiger partial charge < -0.3 is 24.6 Å². The van der Waals surface area contributed by atoms with Crippen LogP contribution in [0.1, 0.15) is 31.1 Å². The molecule has 0 bridgehead atoms. The predicted octanol–water partition coefficient (Wildman–Crippen LogP) is 2.37. The van der Waals surface area contributed by atoms with Gasteiger partial charge in [0.1, 0.15) is 17.2 Å². The highest BCUT2D eigenvalue weighted by Crippen LogP contribution is 2.17. The zero-order valence-corrected chi connectivity index (χ0v) is 17.6. The summed E-state index contributed by atoms with van der Waals surface area (Å²) in [5.41, 5.74) is -0.233. The van der Waals surface area contributed by atoms with Gasteiger partial charge in [0.2, 0.25) is 0 Å². The van der Waals surface area contributed by atoms with E-state index in [0.717, 1.165) is 0 Å². The molecule has 0 radical (unpaired) electrons. The standard InChI is InChI=1S/C21H26N4O5/c1-21(2,3)30-20(28)25-11-9-24(10-12-25)14-15(13-22)18(26)23-17-8-6-5-7-16(17)19(27)29-4/h5-8,14H,9-12H2,1-4H3,(H,23,26)/b15-14-. The number of hydrogen-bond acceptors (Lipinski definition) is 7. The number of methoxy groups -OCH3 is 1. The number of nitrogens with one attached hydrogen (secondary N) is 1. The van der Waals surface area contributed by atoms with Crippen LogP contribution in [0.4, 0.5) is 10.5 Å². The molecule has 1 aliphatic rings. The summed E-state index contributed by atoms with van der Waals surface area (Å²) in [4.78, 5) is 39.9. The number of esters is 1. The first-order chi connectivity index (χ1) is 14.1. The summed E-state index contributed by atoms with van der Waals surface area (Å²) in [7, 11) is 1.25. The van der Waals surface area contributed by atoms with Gasteiger partial charge in [-0.3, -0.25) is 4.79 Å². The number of anilines is 1. The smallest absolute Gasteiger partial charge is 0.410 e. The molecule has 0 aromatic heterocycles. The van der Waals surface area contributed by atoms with Gasteiger partial charge in [-0.25, -0.2) is 9.59 Å². The largest absolute Gasteiger partial charge is 0.465 e. The Labute approximate surface area is 175 Å². The summed E-state index contributed by atoms with van der Waals surface area (Å²) in [5.74, 6) is -1.23. The lowest BCUT2D eigenvalue weighted by molar-refractivity contribution is -0.112. The number of carbonyl (C=O) groups is 3. The number of amides is 2. The fourth-order valence-corrected chi connectivity index (χ4v) is 2.75. The van der Waals surface area contributed by atoms with E-state index >= 15 is 0 Å². The lowest BCUT2D eigenvalue weighted by Gasteiger charge is -2.35. The van der Waals surface area contributed by atoms with E-state index in [-0.39, 0.29) is 22.9 Å². The molecule has 1 aromatic carbocycles. The minimum Gasteiger partial charge on any atom is -0.465 e. The van der Waals surface area contributed by atoms with Gasteiger partial charge in [-0.05, 0) is 32.9 Å². The molecule has 2 amide bonds. The molecule has 30 heavy (non-hydrogen) atoms. The number of para-hydroxylation sites is 1. The maximum absolute atomic E-state index is 12.5. The Bertz CT molecular complexity index is 874. The van der Waals surface area contributed by atoms with E-state index in [0.29, 0.717) is 26.2 Å².